The minimum absolute atomic E-state index is 0.320. The molecular formula is C18H27N3. The Morgan fingerprint density at radius 2 is 1.81 bits per heavy atom. The third-order valence-electron chi connectivity index (χ3n) is 6.61. The van der Waals surface area contributed by atoms with Crippen LogP contribution >= 0.6 is 0 Å². The number of hydrogen-bond donors (Lipinski definition) is 1. The molecule has 5 saturated carbocycles. The number of nitrogens with one attached hydrogen (secondary N) is 1. The Bertz CT molecular complexity index is 567. The highest BCUT2D eigenvalue weighted by atomic mass is 15.3. The van der Waals surface area contributed by atoms with Crippen molar-refractivity contribution in [2.45, 2.75) is 76.8 Å². The van der Waals surface area contributed by atoms with Crippen LogP contribution in [0.2, 0.25) is 0 Å². The van der Waals surface area contributed by atoms with Gasteiger partial charge in [0.2, 0.25) is 5.95 Å². The van der Waals surface area contributed by atoms with Crippen LogP contribution in [0.5, 0.6) is 0 Å². The van der Waals surface area contributed by atoms with Crippen LogP contribution in [0.3, 0.4) is 0 Å². The van der Waals surface area contributed by atoms with Gasteiger partial charge in [-0.2, -0.15) is 0 Å². The first kappa shape index (κ1) is 12.5. The van der Waals surface area contributed by atoms with Crippen LogP contribution in [-0.2, 0) is 0 Å². The second-order valence-corrected chi connectivity index (χ2v) is 9.42. The smallest absolute Gasteiger partial charge is 0.203 e. The zero-order valence-electron chi connectivity index (χ0n) is 13.4. The minimum atomic E-state index is 0.320. The van der Waals surface area contributed by atoms with Crippen molar-refractivity contribution in [1.29, 1.82) is 0 Å². The van der Waals surface area contributed by atoms with Crippen LogP contribution in [-0.4, -0.2) is 15.1 Å². The summed E-state index contributed by atoms with van der Waals surface area (Å²) in [6.07, 6.45) is 15.2. The molecule has 3 heteroatoms. The normalized spacial score (nSPS) is 47.8. The maximum absolute atomic E-state index is 4.65. The summed E-state index contributed by atoms with van der Waals surface area (Å²) in [5.41, 5.74) is 1.46. The number of aromatic nitrogens is 2. The van der Waals surface area contributed by atoms with Gasteiger partial charge >= 0.3 is 0 Å². The van der Waals surface area contributed by atoms with Gasteiger partial charge in [-0.25, -0.2) is 4.98 Å². The highest BCUT2D eigenvalue weighted by Gasteiger charge is 2.60. The van der Waals surface area contributed by atoms with Crippen molar-refractivity contribution in [3.8, 4) is 0 Å². The van der Waals surface area contributed by atoms with Gasteiger partial charge < -0.3 is 9.88 Å². The second-order valence-electron chi connectivity index (χ2n) is 9.42. The number of anilines is 1. The Morgan fingerprint density at radius 1 is 1.10 bits per heavy atom. The molecule has 6 rings (SSSR count). The summed E-state index contributed by atoms with van der Waals surface area (Å²) in [6.45, 7) is 5.08. The van der Waals surface area contributed by atoms with Crippen molar-refractivity contribution in [2.24, 2.45) is 16.7 Å². The first-order valence-electron chi connectivity index (χ1n) is 8.78. The molecule has 0 radical (unpaired) electrons. The van der Waals surface area contributed by atoms with Crippen molar-refractivity contribution in [3.05, 3.63) is 12.4 Å². The standard InChI is InChI=1S/C18H27N3/c1-16-7-13-8-17(2,10-16)12-18(9-13,11-16)20-15-19-5-6-21(15)14-3-4-14/h5-6,13-14H,3-4,7-12H2,1-2H3,(H,19,20). The molecule has 114 valence electrons. The number of hydrogen-bond acceptors (Lipinski definition) is 2. The maximum Gasteiger partial charge on any atom is 0.203 e. The molecule has 0 saturated heterocycles. The molecule has 0 amide bonds. The third kappa shape index (κ3) is 1.89. The lowest BCUT2D eigenvalue weighted by molar-refractivity contribution is -0.0975. The monoisotopic (exact) mass is 285 g/mol. The molecule has 5 fully saturated rings. The molecule has 3 nitrogen and oxygen atoms in total. The summed E-state index contributed by atoms with van der Waals surface area (Å²) >= 11 is 0. The summed E-state index contributed by atoms with van der Waals surface area (Å²) in [4.78, 5) is 4.65. The summed E-state index contributed by atoms with van der Waals surface area (Å²) in [7, 11) is 0. The van der Waals surface area contributed by atoms with E-state index in [1.807, 2.05) is 6.20 Å². The Balaban J connectivity index is 1.49. The fraction of sp³-hybridized carbons (Fsp3) is 0.833. The van der Waals surface area contributed by atoms with E-state index in [-0.39, 0.29) is 0 Å². The predicted molar refractivity (Wildman–Crippen MR) is 84.3 cm³/mol. The van der Waals surface area contributed by atoms with Crippen molar-refractivity contribution in [3.63, 3.8) is 0 Å². The lowest BCUT2D eigenvalue weighted by Gasteiger charge is -2.65. The first-order chi connectivity index (χ1) is 9.97. The molecular weight excluding hydrogens is 258 g/mol. The molecule has 1 aromatic rings. The molecule has 0 spiro atoms. The van der Waals surface area contributed by atoms with E-state index < -0.39 is 0 Å². The highest BCUT2D eigenvalue weighted by molar-refractivity contribution is 5.35. The van der Waals surface area contributed by atoms with Crippen LogP contribution < -0.4 is 5.32 Å². The minimum Gasteiger partial charge on any atom is -0.350 e. The van der Waals surface area contributed by atoms with Crippen LogP contribution in [0.15, 0.2) is 12.4 Å². The van der Waals surface area contributed by atoms with E-state index in [0.29, 0.717) is 16.4 Å². The lowest BCUT2D eigenvalue weighted by atomic mass is 9.43. The number of nitrogens with zero attached hydrogens (tertiary/aromatic N) is 2. The van der Waals surface area contributed by atoms with E-state index in [0.717, 1.165) is 17.9 Å². The zero-order valence-corrected chi connectivity index (χ0v) is 13.4. The van der Waals surface area contributed by atoms with Gasteiger partial charge in [0.05, 0.1) is 0 Å². The van der Waals surface area contributed by atoms with Gasteiger partial charge in [-0.15, -0.1) is 0 Å². The van der Waals surface area contributed by atoms with E-state index >= 15 is 0 Å². The highest BCUT2D eigenvalue weighted by Crippen LogP contribution is 2.66. The molecule has 0 aromatic carbocycles. The van der Waals surface area contributed by atoms with E-state index in [4.69, 9.17) is 0 Å². The second kappa shape index (κ2) is 3.67. The third-order valence-corrected chi connectivity index (χ3v) is 6.61. The van der Waals surface area contributed by atoms with Gasteiger partial charge in [-0.1, -0.05) is 13.8 Å². The Hall–Kier alpha value is -0.990. The molecule has 5 aliphatic rings. The van der Waals surface area contributed by atoms with Gasteiger partial charge in [-0.05, 0) is 68.1 Å². The number of rotatable bonds is 3. The maximum atomic E-state index is 4.65. The Kier molecular flexibility index (Phi) is 2.19. The molecule has 4 bridgehead atoms. The Morgan fingerprint density at radius 3 is 2.43 bits per heavy atom. The average Bonchev–Trinajstić information content (AvgIpc) is 3.06. The van der Waals surface area contributed by atoms with Crippen LogP contribution in [0.4, 0.5) is 5.95 Å². The van der Waals surface area contributed by atoms with E-state index in [9.17, 15) is 0 Å². The van der Waals surface area contributed by atoms with Gasteiger partial charge in [0.25, 0.3) is 0 Å². The van der Waals surface area contributed by atoms with Gasteiger partial charge in [0.15, 0.2) is 0 Å². The quantitative estimate of drug-likeness (QED) is 0.893. The molecule has 5 aliphatic carbocycles. The predicted octanol–water partition coefficient (Wildman–Crippen LogP) is 4.38. The number of imidazole rings is 1. The Labute approximate surface area is 127 Å². The van der Waals surface area contributed by atoms with Gasteiger partial charge in [0.1, 0.15) is 0 Å². The molecule has 2 atom stereocenters. The van der Waals surface area contributed by atoms with Gasteiger partial charge in [-0.3, -0.25) is 0 Å². The van der Waals surface area contributed by atoms with Crippen molar-refractivity contribution < 1.29 is 0 Å². The molecule has 1 N–H and O–H groups in total. The topological polar surface area (TPSA) is 29.9 Å². The fourth-order valence-electron chi connectivity index (χ4n) is 6.88. The molecule has 1 aromatic heterocycles. The lowest BCUT2D eigenvalue weighted by Crippen LogP contribution is -2.61. The van der Waals surface area contributed by atoms with Crippen LogP contribution in [0.25, 0.3) is 0 Å². The molecule has 1 heterocycles. The summed E-state index contributed by atoms with van der Waals surface area (Å²) in [6, 6.07) is 0.718. The first-order valence-corrected chi connectivity index (χ1v) is 8.78. The van der Waals surface area contributed by atoms with Crippen LogP contribution in [0, 0.1) is 16.7 Å². The van der Waals surface area contributed by atoms with Crippen molar-refractivity contribution in [1.82, 2.24) is 9.55 Å². The molecule has 2 unspecified atom stereocenters. The average molecular weight is 285 g/mol. The van der Waals surface area contributed by atoms with Crippen molar-refractivity contribution >= 4 is 5.95 Å². The van der Waals surface area contributed by atoms with Gasteiger partial charge in [0, 0.05) is 24.0 Å². The zero-order chi connectivity index (χ0) is 14.3. The van der Waals surface area contributed by atoms with E-state index in [2.05, 4.69) is 34.9 Å². The molecule has 21 heavy (non-hydrogen) atoms. The SMILES string of the molecule is CC12CC3CC(C)(C1)CC(Nc1nccn1C1CC1)(C3)C2. The summed E-state index contributed by atoms with van der Waals surface area (Å²) < 4.78 is 2.39. The molecule has 0 aliphatic heterocycles. The van der Waals surface area contributed by atoms with Crippen molar-refractivity contribution in [2.75, 3.05) is 5.32 Å². The summed E-state index contributed by atoms with van der Waals surface area (Å²) in [5.74, 6) is 2.08. The van der Waals surface area contributed by atoms with E-state index in [1.54, 1.807) is 0 Å². The largest absolute Gasteiger partial charge is 0.350 e. The van der Waals surface area contributed by atoms with E-state index in [1.165, 1.54) is 51.4 Å². The van der Waals surface area contributed by atoms with Crippen LogP contribution in [0.1, 0.15) is 71.3 Å². The summed E-state index contributed by atoms with van der Waals surface area (Å²) in [5, 5.41) is 3.96. The fourth-order valence-corrected chi connectivity index (χ4v) is 6.88.